The maximum atomic E-state index is 9.41. The van der Waals surface area contributed by atoms with Gasteiger partial charge in [0.05, 0.1) is 0 Å². The number of aliphatic hydroxyl groups is 1. The number of carbonyl (C=O) groups is 1. The Hall–Kier alpha value is -0.610. The van der Waals surface area contributed by atoms with Crippen LogP contribution in [0.4, 0.5) is 0 Å². The zero-order valence-electron chi connectivity index (χ0n) is 3.76. The van der Waals surface area contributed by atoms with Crippen LogP contribution in [0.2, 0.25) is 0 Å². The van der Waals surface area contributed by atoms with Gasteiger partial charge < -0.3 is 15.2 Å². The van der Waals surface area contributed by atoms with Crippen LogP contribution in [-0.2, 0) is 9.53 Å². The van der Waals surface area contributed by atoms with Crippen molar-refractivity contribution in [2.24, 2.45) is 0 Å². The second kappa shape index (κ2) is 5.39. The van der Waals surface area contributed by atoms with E-state index in [0.29, 0.717) is 6.41 Å². The fourth-order valence-corrected chi connectivity index (χ4v) is 0.139. The molecule has 0 fully saturated rings. The molecule has 7 heavy (non-hydrogen) atoms. The molecule has 0 saturated heterocycles. The Bertz CT molecular complexity index is 47.4. The van der Waals surface area contributed by atoms with Crippen molar-refractivity contribution in [2.45, 2.75) is 0 Å². The second-order valence-electron chi connectivity index (χ2n) is 0.800. The van der Waals surface area contributed by atoms with Crippen molar-refractivity contribution in [3.8, 4) is 0 Å². The molecule has 1 amide bonds. The van der Waals surface area contributed by atoms with E-state index >= 15 is 0 Å². The monoisotopic (exact) mass is 105 g/mol. The average Bonchev–Trinajstić information content (AvgIpc) is 1.69. The minimum Gasteiger partial charge on any atom is -0.371 e. The number of rotatable bonds is 4. The van der Waals surface area contributed by atoms with Crippen LogP contribution in [0, 0.1) is 0 Å². The predicted molar refractivity (Wildman–Crippen MR) is 22.2 cm³/mol. The lowest BCUT2D eigenvalue weighted by Gasteiger charge is -1.93. The maximum absolute atomic E-state index is 9.41. The Labute approximate surface area is 41.1 Å². The molecule has 0 atom stereocenters. The van der Waals surface area contributed by atoms with E-state index in [9.17, 15) is 4.79 Å². The lowest BCUT2D eigenvalue weighted by Crippen LogP contribution is -2.15. The minimum atomic E-state index is -0.360. The summed E-state index contributed by atoms with van der Waals surface area (Å²) < 4.78 is 4.29. The first kappa shape index (κ1) is 6.39. The molecule has 0 aromatic carbocycles. The lowest BCUT2D eigenvalue weighted by atomic mass is 11.1. The topological polar surface area (TPSA) is 58.6 Å². The molecule has 2 N–H and O–H groups in total. The molecule has 4 nitrogen and oxygen atoms in total. The molecule has 0 bridgehead atoms. The molecule has 0 aromatic rings. The first-order chi connectivity index (χ1) is 3.41. The first-order valence-corrected chi connectivity index (χ1v) is 1.77. The van der Waals surface area contributed by atoms with E-state index in [1.54, 1.807) is 0 Å². The van der Waals surface area contributed by atoms with Crippen molar-refractivity contribution in [3.63, 3.8) is 0 Å². The van der Waals surface area contributed by atoms with Gasteiger partial charge in [0.1, 0.15) is 13.5 Å². The smallest absolute Gasteiger partial charge is 0.208 e. The summed E-state index contributed by atoms with van der Waals surface area (Å²) in [7, 11) is 0. The maximum Gasteiger partial charge on any atom is 0.208 e. The van der Waals surface area contributed by atoms with E-state index in [1.807, 2.05) is 0 Å². The largest absolute Gasteiger partial charge is 0.371 e. The van der Waals surface area contributed by atoms with Crippen LogP contribution in [-0.4, -0.2) is 25.0 Å². The normalized spacial score (nSPS) is 8.14. The summed E-state index contributed by atoms with van der Waals surface area (Å²) in [6.45, 7) is -0.291. The number of amides is 1. The Balaban J connectivity index is 2.56. The summed E-state index contributed by atoms with van der Waals surface area (Å²) in [6.07, 6.45) is 0.496. The molecule has 4 heteroatoms. The SMILES string of the molecule is O=CNCOCO. The molecule has 0 saturated carbocycles. The van der Waals surface area contributed by atoms with Gasteiger partial charge in [-0.25, -0.2) is 0 Å². The van der Waals surface area contributed by atoms with Crippen LogP contribution >= 0.6 is 0 Å². The zero-order valence-corrected chi connectivity index (χ0v) is 3.76. The molecular weight excluding hydrogens is 98.0 g/mol. The van der Waals surface area contributed by atoms with Crippen LogP contribution in [0.1, 0.15) is 0 Å². The molecule has 0 rings (SSSR count). The number of aliphatic hydroxyl groups excluding tert-OH is 1. The van der Waals surface area contributed by atoms with Gasteiger partial charge in [-0.3, -0.25) is 4.79 Å². The molecule has 0 aliphatic rings. The highest BCUT2D eigenvalue weighted by atomic mass is 16.6. The van der Waals surface area contributed by atoms with Gasteiger partial charge in [0.25, 0.3) is 0 Å². The number of ether oxygens (including phenoxy) is 1. The number of carbonyl (C=O) groups excluding carboxylic acids is 1. The highest BCUT2D eigenvalue weighted by molar-refractivity contribution is 5.45. The van der Waals surface area contributed by atoms with Gasteiger partial charge in [0, 0.05) is 0 Å². The number of nitrogens with one attached hydrogen (secondary N) is 1. The first-order valence-electron chi connectivity index (χ1n) is 1.77. The highest BCUT2D eigenvalue weighted by Crippen LogP contribution is 1.58. The standard InChI is InChI=1S/C3H7NO3/c5-1-4-2-7-3-6/h1,6H,2-3H2,(H,4,5). The molecular formula is C3H7NO3. The lowest BCUT2D eigenvalue weighted by molar-refractivity contribution is -0.112. The van der Waals surface area contributed by atoms with Gasteiger partial charge >= 0.3 is 0 Å². The van der Waals surface area contributed by atoms with E-state index in [0.717, 1.165) is 0 Å². The van der Waals surface area contributed by atoms with E-state index in [-0.39, 0.29) is 13.5 Å². The molecule has 0 radical (unpaired) electrons. The molecule has 42 valence electrons. The molecule has 0 aliphatic heterocycles. The highest BCUT2D eigenvalue weighted by Gasteiger charge is 1.74. The van der Waals surface area contributed by atoms with Crippen LogP contribution in [0.5, 0.6) is 0 Å². The Morgan fingerprint density at radius 2 is 2.57 bits per heavy atom. The summed E-state index contributed by atoms with van der Waals surface area (Å²) in [5.41, 5.74) is 0. The van der Waals surface area contributed by atoms with Gasteiger partial charge in [0.2, 0.25) is 6.41 Å². The quantitative estimate of drug-likeness (QED) is 0.264. The number of hydrogen-bond donors (Lipinski definition) is 2. The molecule has 0 spiro atoms. The van der Waals surface area contributed by atoms with Crippen molar-refractivity contribution < 1.29 is 14.6 Å². The minimum absolute atomic E-state index is 0.0694. The summed E-state index contributed by atoms with van der Waals surface area (Å²) >= 11 is 0. The van der Waals surface area contributed by atoms with E-state index in [2.05, 4.69) is 10.1 Å². The van der Waals surface area contributed by atoms with Gasteiger partial charge in [-0.05, 0) is 0 Å². The van der Waals surface area contributed by atoms with Crippen LogP contribution in [0.25, 0.3) is 0 Å². The Kier molecular flexibility index (Phi) is 4.92. The van der Waals surface area contributed by atoms with Crippen molar-refractivity contribution in [1.29, 1.82) is 0 Å². The van der Waals surface area contributed by atoms with Gasteiger partial charge in [0.15, 0.2) is 0 Å². The van der Waals surface area contributed by atoms with E-state index < -0.39 is 0 Å². The molecule has 0 heterocycles. The third-order valence-corrected chi connectivity index (χ3v) is 0.360. The zero-order chi connectivity index (χ0) is 5.54. The Morgan fingerprint density at radius 1 is 1.86 bits per heavy atom. The van der Waals surface area contributed by atoms with Crippen molar-refractivity contribution in [1.82, 2.24) is 5.32 Å². The van der Waals surface area contributed by atoms with E-state index in [4.69, 9.17) is 5.11 Å². The fraction of sp³-hybridized carbons (Fsp3) is 0.667. The molecule has 0 unspecified atom stereocenters. The third kappa shape index (κ3) is 5.39. The summed E-state index contributed by atoms with van der Waals surface area (Å²) in [5.74, 6) is 0. The summed E-state index contributed by atoms with van der Waals surface area (Å²) in [6, 6.07) is 0. The summed E-state index contributed by atoms with van der Waals surface area (Å²) in [5, 5.41) is 10.1. The van der Waals surface area contributed by atoms with Gasteiger partial charge in [-0.2, -0.15) is 0 Å². The predicted octanol–water partition coefficient (Wildman–Crippen LogP) is -1.34. The van der Waals surface area contributed by atoms with Crippen LogP contribution in [0.15, 0.2) is 0 Å². The molecule has 0 aromatic heterocycles. The van der Waals surface area contributed by atoms with Gasteiger partial charge in [-0.15, -0.1) is 0 Å². The van der Waals surface area contributed by atoms with Crippen molar-refractivity contribution in [3.05, 3.63) is 0 Å². The Morgan fingerprint density at radius 3 is 3.00 bits per heavy atom. The fourth-order valence-electron chi connectivity index (χ4n) is 0.139. The van der Waals surface area contributed by atoms with Crippen LogP contribution < -0.4 is 5.32 Å². The molecule has 0 aliphatic carbocycles. The van der Waals surface area contributed by atoms with Crippen molar-refractivity contribution >= 4 is 6.41 Å². The third-order valence-electron chi connectivity index (χ3n) is 0.360. The van der Waals surface area contributed by atoms with E-state index in [1.165, 1.54) is 0 Å². The summed E-state index contributed by atoms with van der Waals surface area (Å²) in [4.78, 5) is 9.41. The number of hydrogen-bond acceptors (Lipinski definition) is 3. The van der Waals surface area contributed by atoms with Crippen molar-refractivity contribution in [2.75, 3.05) is 13.5 Å². The van der Waals surface area contributed by atoms with Gasteiger partial charge in [-0.1, -0.05) is 0 Å². The second-order valence-corrected chi connectivity index (χ2v) is 0.800. The van der Waals surface area contributed by atoms with Crippen LogP contribution in [0.3, 0.4) is 0 Å². The average molecular weight is 105 g/mol.